The molecule has 4 heterocycles. The van der Waals surface area contributed by atoms with Crippen LogP contribution in [0.15, 0.2) is 41.4 Å². The van der Waals surface area contributed by atoms with Crippen LogP contribution in [0.25, 0.3) is 11.4 Å². The highest BCUT2D eigenvalue weighted by Crippen LogP contribution is 2.40. The monoisotopic (exact) mass is 438 g/mol. The van der Waals surface area contributed by atoms with E-state index in [2.05, 4.69) is 4.98 Å². The molecule has 1 amide bonds. The van der Waals surface area contributed by atoms with Crippen LogP contribution in [0.3, 0.4) is 0 Å². The predicted molar refractivity (Wildman–Crippen MR) is 118 cm³/mol. The van der Waals surface area contributed by atoms with Gasteiger partial charge in [0.2, 0.25) is 5.78 Å². The Kier molecular flexibility index (Phi) is 5.68. The van der Waals surface area contributed by atoms with Gasteiger partial charge in [-0.3, -0.25) is 9.59 Å². The van der Waals surface area contributed by atoms with Gasteiger partial charge in [0.15, 0.2) is 0 Å². The van der Waals surface area contributed by atoms with Gasteiger partial charge < -0.3 is 19.3 Å². The number of amides is 1. The molecule has 162 valence electrons. The molecule has 1 aliphatic rings. The van der Waals surface area contributed by atoms with Crippen molar-refractivity contribution in [1.82, 2.24) is 14.3 Å². The van der Waals surface area contributed by atoms with Gasteiger partial charge in [-0.15, -0.1) is 11.3 Å². The Morgan fingerprint density at radius 1 is 1.23 bits per heavy atom. The number of ketones is 1. The number of likely N-dealkylation sites (tertiary alicyclic amines) is 1. The molecule has 1 unspecified atom stereocenters. The number of imidazole rings is 1. The molecular weight excluding hydrogens is 412 g/mol. The summed E-state index contributed by atoms with van der Waals surface area (Å²) in [6, 6.07) is 6.87. The highest BCUT2D eigenvalue weighted by Gasteiger charge is 2.44. The molecule has 4 rings (SSSR count). The smallest absolute Gasteiger partial charge is 0.295 e. The lowest BCUT2D eigenvalue weighted by atomic mass is 10.0. The van der Waals surface area contributed by atoms with Crippen LogP contribution in [0.2, 0.25) is 0 Å². The largest absolute Gasteiger partial charge is 0.871 e. The van der Waals surface area contributed by atoms with Crippen LogP contribution < -0.4 is 10.0 Å². The number of carbonyl (C=O) groups excluding carboxylic acids is 2. The van der Waals surface area contributed by atoms with Gasteiger partial charge in [-0.05, 0) is 36.9 Å². The number of fused-ring (bicyclic) bond motifs is 1. The number of Topliss-reactive ketones (excluding diaryl/α,β-unsaturated/α-hetero) is 1. The third-order valence-electron chi connectivity index (χ3n) is 5.65. The molecule has 1 N–H and O–H groups in total. The maximum absolute atomic E-state index is 13.7. The van der Waals surface area contributed by atoms with Gasteiger partial charge in [-0.1, -0.05) is 17.9 Å². The molecule has 31 heavy (non-hydrogen) atoms. The number of thiophene rings is 1. The second-order valence-corrected chi connectivity index (χ2v) is 9.21. The fraction of sp³-hybridized carbons (Fsp3) is 0.348. The summed E-state index contributed by atoms with van der Waals surface area (Å²) in [5.41, 5.74) is 2.53. The molecule has 1 aliphatic heterocycles. The number of nitrogens with zero attached hydrogens (tertiary/aromatic N) is 3. The van der Waals surface area contributed by atoms with E-state index in [-0.39, 0.29) is 5.57 Å². The summed E-state index contributed by atoms with van der Waals surface area (Å²) >= 11 is 1.45. The summed E-state index contributed by atoms with van der Waals surface area (Å²) in [5, 5.41) is 15.6. The van der Waals surface area contributed by atoms with Crippen LogP contribution in [-0.2, 0) is 9.59 Å². The first-order valence-electron chi connectivity index (χ1n) is 10.3. The molecule has 0 radical (unpaired) electrons. The zero-order valence-electron chi connectivity index (χ0n) is 18.1. The van der Waals surface area contributed by atoms with E-state index in [0.717, 1.165) is 23.4 Å². The summed E-state index contributed by atoms with van der Waals surface area (Å²) in [5.74, 6) is -1.73. The fourth-order valence-electron chi connectivity index (χ4n) is 4.16. The van der Waals surface area contributed by atoms with Gasteiger partial charge >= 0.3 is 0 Å². The summed E-state index contributed by atoms with van der Waals surface area (Å²) in [7, 11) is 4.09. The maximum Gasteiger partial charge on any atom is 0.295 e. The molecule has 0 saturated carbocycles. The van der Waals surface area contributed by atoms with Crippen molar-refractivity contribution in [3.05, 3.63) is 63.2 Å². The topological polar surface area (TPSA) is 82.2 Å². The molecule has 1 fully saturated rings. The van der Waals surface area contributed by atoms with E-state index < -0.39 is 23.5 Å². The van der Waals surface area contributed by atoms with Crippen molar-refractivity contribution in [2.45, 2.75) is 26.3 Å². The lowest BCUT2D eigenvalue weighted by molar-refractivity contribution is -0.858. The minimum Gasteiger partial charge on any atom is -0.871 e. The number of aryl methyl sites for hydroxylation is 2. The molecule has 0 bridgehead atoms. The first-order chi connectivity index (χ1) is 14.8. The highest BCUT2D eigenvalue weighted by atomic mass is 32.1. The third kappa shape index (κ3) is 3.66. The van der Waals surface area contributed by atoms with Crippen LogP contribution in [0, 0.1) is 13.8 Å². The molecule has 1 atom stereocenters. The van der Waals surface area contributed by atoms with Crippen LogP contribution in [0.5, 0.6) is 0 Å². The van der Waals surface area contributed by atoms with E-state index in [1.807, 2.05) is 50.7 Å². The second-order valence-electron chi connectivity index (χ2n) is 8.23. The fourth-order valence-corrected chi connectivity index (χ4v) is 5.01. The molecule has 1 saturated heterocycles. The van der Waals surface area contributed by atoms with Crippen LogP contribution in [-0.4, -0.2) is 53.2 Å². The zero-order valence-corrected chi connectivity index (χ0v) is 19.0. The summed E-state index contributed by atoms with van der Waals surface area (Å²) < 4.78 is 1.72. The number of hydrogen-bond acceptors (Lipinski definition) is 5. The Hall–Kier alpha value is -2.97. The standard InChI is InChI=1S/C23H26N4O3S/c1-14-8-5-11-26-18(15(2)24-22(14)26)20(28)17-19(16-9-6-13-31-16)27(23(30)21(17)29)12-7-10-25(3)4/h5-6,8-9,11,13,19,28H,7,10,12H2,1-4H3/b20-17+. The van der Waals surface area contributed by atoms with Gasteiger partial charge in [-0.25, -0.2) is 4.98 Å². The summed E-state index contributed by atoms with van der Waals surface area (Å²) in [4.78, 5) is 34.2. The molecule has 3 aromatic heterocycles. The molecule has 3 aromatic rings. The Morgan fingerprint density at radius 2 is 2.00 bits per heavy atom. The van der Waals surface area contributed by atoms with Gasteiger partial charge in [0.1, 0.15) is 5.65 Å². The average Bonchev–Trinajstić information content (AvgIpc) is 3.41. The van der Waals surface area contributed by atoms with Gasteiger partial charge in [0.25, 0.3) is 5.91 Å². The number of quaternary nitrogens is 1. The number of rotatable bonds is 6. The Morgan fingerprint density at radius 3 is 2.68 bits per heavy atom. The first-order valence-corrected chi connectivity index (χ1v) is 11.2. The van der Waals surface area contributed by atoms with Gasteiger partial charge in [0, 0.05) is 29.6 Å². The van der Waals surface area contributed by atoms with Crippen molar-refractivity contribution in [1.29, 1.82) is 0 Å². The number of aromatic nitrogens is 2. The molecular formula is C23H26N4O3S. The van der Waals surface area contributed by atoms with Crippen molar-refractivity contribution < 1.29 is 19.6 Å². The van der Waals surface area contributed by atoms with Crippen LogP contribution in [0.4, 0.5) is 0 Å². The molecule has 7 nitrogen and oxygen atoms in total. The normalized spacial score (nSPS) is 18.6. The van der Waals surface area contributed by atoms with Crippen molar-refractivity contribution in [3.63, 3.8) is 0 Å². The Balaban J connectivity index is 1.86. The minimum absolute atomic E-state index is 0.0241. The van der Waals surface area contributed by atoms with Crippen molar-refractivity contribution in [2.24, 2.45) is 0 Å². The molecule has 0 spiro atoms. The zero-order chi connectivity index (χ0) is 22.3. The number of carbonyl (C=O) groups is 2. The molecule has 0 aliphatic carbocycles. The quantitative estimate of drug-likeness (QED) is 0.350. The Labute approximate surface area is 185 Å². The minimum atomic E-state index is -0.706. The number of hydrogen-bond donors (Lipinski definition) is 1. The SMILES string of the molecule is Cc1nc2c(C)cccn2c1/C([O-])=C1\C(=O)C(=O)N(CCC[NH+](C)C)C1c1cccs1. The van der Waals surface area contributed by atoms with Crippen LogP contribution in [0.1, 0.15) is 34.3 Å². The molecule has 8 heteroatoms. The first kappa shape index (κ1) is 21.3. The summed E-state index contributed by atoms with van der Waals surface area (Å²) in [6.45, 7) is 4.99. The van der Waals surface area contributed by atoms with Crippen molar-refractivity contribution in [2.75, 3.05) is 27.2 Å². The van der Waals surface area contributed by atoms with Crippen molar-refractivity contribution in [3.8, 4) is 0 Å². The van der Waals surface area contributed by atoms with E-state index in [1.54, 1.807) is 22.4 Å². The van der Waals surface area contributed by atoms with Gasteiger partial charge in [0.05, 0.1) is 38.1 Å². The van der Waals surface area contributed by atoms with Gasteiger partial charge in [-0.2, -0.15) is 0 Å². The maximum atomic E-state index is 13.7. The Bertz CT molecular complexity index is 1180. The van der Waals surface area contributed by atoms with Crippen molar-refractivity contribution >= 4 is 34.4 Å². The number of nitrogens with one attached hydrogen (secondary N) is 1. The second kappa shape index (κ2) is 8.28. The third-order valence-corrected chi connectivity index (χ3v) is 6.58. The number of pyridine rings is 1. The highest BCUT2D eigenvalue weighted by molar-refractivity contribution is 7.10. The lowest BCUT2D eigenvalue weighted by Gasteiger charge is -2.26. The van der Waals surface area contributed by atoms with E-state index in [0.29, 0.717) is 23.6 Å². The van der Waals surface area contributed by atoms with E-state index in [4.69, 9.17) is 0 Å². The van der Waals surface area contributed by atoms with E-state index in [9.17, 15) is 14.7 Å². The lowest BCUT2D eigenvalue weighted by Crippen LogP contribution is -3.05. The average molecular weight is 439 g/mol. The van der Waals surface area contributed by atoms with Crippen LogP contribution >= 0.6 is 11.3 Å². The summed E-state index contributed by atoms with van der Waals surface area (Å²) in [6.07, 6.45) is 2.52. The van der Waals surface area contributed by atoms with E-state index >= 15 is 0 Å². The predicted octanol–water partition coefficient (Wildman–Crippen LogP) is 0.771. The van der Waals surface area contributed by atoms with E-state index in [1.165, 1.54) is 16.2 Å². The molecule has 0 aromatic carbocycles.